The first-order chi connectivity index (χ1) is 7.33. The zero-order chi connectivity index (χ0) is 10.9. The lowest BCUT2D eigenvalue weighted by atomic mass is 10.4. The van der Waals surface area contributed by atoms with E-state index in [4.69, 9.17) is 4.74 Å². The van der Waals surface area contributed by atoms with E-state index in [1.165, 1.54) is 6.42 Å². The number of hydrogen-bond acceptors (Lipinski definition) is 4. The number of rotatable bonds is 8. The zero-order valence-corrected chi connectivity index (χ0v) is 11.4. The minimum atomic E-state index is 0.833. The lowest BCUT2D eigenvalue weighted by molar-refractivity contribution is 0.131. The van der Waals surface area contributed by atoms with Gasteiger partial charge in [0.2, 0.25) is 0 Å². The van der Waals surface area contributed by atoms with Gasteiger partial charge in [0, 0.05) is 25.1 Å². The molecule has 0 saturated carbocycles. The Morgan fingerprint density at radius 1 is 1.47 bits per heavy atom. The lowest BCUT2D eigenvalue weighted by Crippen LogP contribution is -2.06. The van der Waals surface area contributed by atoms with Crippen LogP contribution in [0.1, 0.15) is 26.2 Å². The van der Waals surface area contributed by atoms with Gasteiger partial charge in [-0.05, 0) is 28.8 Å². The molecule has 0 spiro atoms. The predicted molar refractivity (Wildman–Crippen MR) is 68.6 cm³/mol. The van der Waals surface area contributed by atoms with Gasteiger partial charge in [-0.25, -0.2) is 4.98 Å². The fourth-order valence-corrected chi connectivity index (χ4v) is 2.23. The molecule has 3 nitrogen and oxygen atoms in total. The van der Waals surface area contributed by atoms with Crippen molar-refractivity contribution in [2.75, 3.05) is 25.1 Å². The number of unbranched alkanes of at least 4 members (excludes halogenated alkanes) is 1. The highest BCUT2D eigenvalue weighted by Crippen LogP contribution is 2.18. The van der Waals surface area contributed by atoms with Gasteiger partial charge in [0.05, 0.1) is 0 Å². The van der Waals surface area contributed by atoms with Crippen molar-refractivity contribution >= 4 is 32.4 Å². The highest BCUT2D eigenvalue weighted by atomic mass is 79.9. The third-order valence-corrected chi connectivity index (χ3v) is 3.37. The summed E-state index contributed by atoms with van der Waals surface area (Å²) < 4.78 is 6.35. The van der Waals surface area contributed by atoms with Crippen LogP contribution < -0.4 is 5.32 Å². The largest absolute Gasteiger partial charge is 0.381 e. The van der Waals surface area contributed by atoms with Crippen LogP contribution in [-0.2, 0) is 4.74 Å². The van der Waals surface area contributed by atoms with Gasteiger partial charge in [0.15, 0.2) is 5.13 Å². The monoisotopic (exact) mass is 292 g/mol. The first-order valence-corrected chi connectivity index (χ1v) is 6.93. The summed E-state index contributed by atoms with van der Waals surface area (Å²) in [6.45, 7) is 4.82. The first-order valence-electron chi connectivity index (χ1n) is 5.25. The van der Waals surface area contributed by atoms with Crippen LogP contribution in [-0.4, -0.2) is 24.7 Å². The maximum Gasteiger partial charge on any atom is 0.183 e. The van der Waals surface area contributed by atoms with Gasteiger partial charge in [-0.15, -0.1) is 11.3 Å². The summed E-state index contributed by atoms with van der Waals surface area (Å²) in [6, 6.07) is 0. The van der Waals surface area contributed by atoms with E-state index < -0.39 is 0 Å². The second-order valence-corrected chi connectivity index (χ2v) is 4.89. The maximum absolute atomic E-state index is 5.45. The molecule has 1 aromatic heterocycles. The van der Waals surface area contributed by atoms with Gasteiger partial charge in [0.1, 0.15) is 4.60 Å². The molecule has 0 atom stereocenters. The molecule has 0 unspecified atom stereocenters. The average Bonchev–Trinajstić information content (AvgIpc) is 2.63. The van der Waals surface area contributed by atoms with Gasteiger partial charge in [-0.1, -0.05) is 13.3 Å². The molecule has 1 rings (SSSR count). The molecule has 1 N–H and O–H groups in total. The smallest absolute Gasteiger partial charge is 0.183 e. The van der Waals surface area contributed by atoms with E-state index in [2.05, 4.69) is 33.2 Å². The molecular weight excluding hydrogens is 276 g/mol. The van der Waals surface area contributed by atoms with Gasteiger partial charge >= 0.3 is 0 Å². The molecule has 0 aromatic carbocycles. The number of nitrogens with zero attached hydrogens (tertiary/aromatic N) is 1. The SMILES string of the molecule is CCCCOCCCNc1nc(Br)cs1. The van der Waals surface area contributed by atoms with Crippen LogP contribution in [0, 0.1) is 0 Å². The fraction of sp³-hybridized carbons (Fsp3) is 0.700. The quantitative estimate of drug-likeness (QED) is 0.745. The predicted octanol–water partition coefficient (Wildman–Crippen LogP) is 3.52. The molecule has 0 fully saturated rings. The number of ether oxygens (including phenoxy) is 1. The zero-order valence-electron chi connectivity index (χ0n) is 8.96. The molecule has 0 aliphatic carbocycles. The number of aromatic nitrogens is 1. The third kappa shape index (κ3) is 6.12. The first kappa shape index (κ1) is 12.9. The van der Waals surface area contributed by atoms with Gasteiger partial charge in [-0.2, -0.15) is 0 Å². The van der Waals surface area contributed by atoms with Crippen molar-refractivity contribution in [1.29, 1.82) is 0 Å². The van der Waals surface area contributed by atoms with Crippen LogP contribution in [0.2, 0.25) is 0 Å². The Hall–Kier alpha value is -0.130. The third-order valence-electron chi connectivity index (χ3n) is 1.86. The van der Waals surface area contributed by atoms with Crippen molar-refractivity contribution < 1.29 is 4.74 Å². The van der Waals surface area contributed by atoms with Crippen molar-refractivity contribution in [1.82, 2.24) is 4.98 Å². The molecule has 0 amide bonds. The average molecular weight is 293 g/mol. The van der Waals surface area contributed by atoms with E-state index in [1.807, 2.05) is 5.38 Å². The molecule has 86 valence electrons. The van der Waals surface area contributed by atoms with Crippen molar-refractivity contribution in [2.24, 2.45) is 0 Å². The standard InChI is InChI=1S/C10H17BrN2OS/c1-2-3-6-14-7-4-5-12-10-13-9(11)8-15-10/h8H,2-7H2,1H3,(H,12,13). The topological polar surface area (TPSA) is 34.1 Å². The molecule has 0 aliphatic rings. The summed E-state index contributed by atoms with van der Waals surface area (Å²) in [5.41, 5.74) is 0. The molecule has 1 heterocycles. The lowest BCUT2D eigenvalue weighted by Gasteiger charge is -2.03. The van der Waals surface area contributed by atoms with Crippen LogP contribution in [0.3, 0.4) is 0 Å². The van der Waals surface area contributed by atoms with E-state index in [9.17, 15) is 0 Å². The van der Waals surface area contributed by atoms with E-state index >= 15 is 0 Å². The summed E-state index contributed by atoms with van der Waals surface area (Å²) in [5.74, 6) is 0. The molecule has 0 bridgehead atoms. The number of hydrogen-bond donors (Lipinski definition) is 1. The summed E-state index contributed by atoms with van der Waals surface area (Å²) >= 11 is 4.93. The Morgan fingerprint density at radius 2 is 2.27 bits per heavy atom. The van der Waals surface area contributed by atoms with E-state index in [0.717, 1.165) is 42.3 Å². The van der Waals surface area contributed by atoms with E-state index in [0.29, 0.717) is 0 Å². The van der Waals surface area contributed by atoms with Crippen LogP contribution >= 0.6 is 27.3 Å². The molecule has 5 heteroatoms. The second kappa shape index (κ2) is 8.07. The summed E-state index contributed by atoms with van der Waals surface area (Å²) in [7, 11) is 0. The van der Waals surface area contributed by atoms with Crippen LogP contribution in [0.15, 0.2) is 9.98 Å². The van der Waals surface area contributed by atoms with Crippen LogP contribution in [0.25, 0.3) is 0 Å². The maximum atomic E-state index is 5.45. The Labute approximate surface area is 103 Å². The number of nitrogens with one attached hydrogen (secondary N) is 1. The van der Waals surface area contributed by atoms with Gasteiger partial charge in [-0.3, -0.25) is 0 Å². The molecule has 0 saturated heterocycles. The second-order valence-electron chi connectivity index (χ2n) is 3.22. The summed E-state index contributed by atoms with van der Waals surface area (Å²) in [4.78, 5) is 4.24. The van der Waals surface area contributed by atoms with Crippen LogP contribution in [0.4, 0.5) is 5.13 Å². The summed E-state index contributed by atoms with van der Waals surface area (Å²) in [6.07, 6.45) is 3.39. The Bertz CT molecular complexity index is 268. The normalized spacial score (nSPS) is 10.5. The van der Waals surface area contributed by atoms with Gasteiger partial charge < -0.3 is 10.1 Å². The Morgan fingerprint density at radius 3 is 2.93 bits per heavy atom. The number of anilines is 1. The van der Waals surface area contributed by atoms with Crippen molar-refractivity contribution in [3.63, 3.8) is 0 Å². The molecular formula is C10H17BrN2OS. The fourth-order valence-electron chi connectivity index (χ4n) is 1.05. The van der Waals surface area contributed by atoms with Crippen molar-refractivity contribution in [2.45, 2.75) is 26.2 Å². The highest BCUT2D eigenvalue weighted by Gasteiger charge is 1.97. The highest BCUT2D eigenvalue weighted by molar-refractivity contribution is 9.10. The number of halogens is 1. The van der Waals surface area contributed by atoms with E-state index in [-0.39, 0.29) is 0 Å². The van der Waals surface area contributed by atoms with E-state index in [1.54, 1.807) is 11.3 Å². The number of thiazole rings is 1. The molecule has 0 radical (unpaired) electrons. The molecule has 0 aliphatic heterocycles. The summed E-state index contributed by atoms with van der Waals surface area (Å²) in [5, 5.41) is 6.19. The van der Waals surface area contributed by atoms with Gasteiger partial charge in [0.25, 0.3) is 0 Å². The molecule has 1 aromatic rings. The van der Waals surface area contributed by atoms with Crippen LogP contribution in [0.5, 0.6) is 0 Å². The Kier molecular flexibility index (Phi) is 6.96. The minimum absolute atomic E-state index is 0.833. The Balaban J connectivity index is 1.93. The molecule has 15 heavy (non-hydrogen) atoms. The van der Waals surface area contributed by atoms with Crippen molar-refractivity contribution in [3.05, 3.63) is 9.98 Å². The van der Waals surface area contributed by atoms with Crippen molar-refractivity contribution in [3.8, 4) is 0 Å². The minimum Gasteiger partial charge on any atom is -0.381 e.